The fourth-order valence-corrected chi connectivity index (χ4v) is 2.99. The van der Waals surface area contributed by atoms with Crippen LogP contribution in [0.15, 0.2) is 6.20 Å². The van der Waals surface area contributed by atoms with E-state index in [4.69, 9.17) is 0 Å². The Morgan fingerprint density at radius 3 is 2.74 bits per heavy atom. The average molecular weight is 285 g/mol. The number of rotatable bonds is 4. The Bertz CT molecular complexity index is 494. The van der Waals surface area contributed by atoms with Crippen LogP contribution in [0.5, 0.6) is 0 Å². The molecule has 0 amide bonds. The van der Waals surface area contributed by atoms with E-state index in [9.17, 15) is 20.0 Å². The minimum absolute atomic E-state index is 0.0905. The summed E-state index contributed by atoms with van der Waals surface area (Å²) in [7, 11) is 0. The van der Waals surface area contributed by atoms with Crippen LogP contribution in [0, 0.1) is 16.0 Å². The summed E-state index contributed by atoms with van der Waals surface area (Å²) >= 11 is 0.867. The largest absolute Gasteiger partial charge is 0.480 e. The van der Waals surface area contributed by atoms with E-state index in [1.807, 2.05) is 0 Å². The Hall–Kier alpha value is -1.70. The summed E-state index contributed by atoms with van der Waals surface area (Å²) in [5.74, 6) is -0.405. The van der Waals surface area contributed by atoms with Gasteiger partial charge in [-0.3, -0.25) is 10.1 Å². The van der Waals surface area contributed by atoms with Gasteiger partial charge in [0.15, 0.2) is 5.13 Å². The zero-order valence-corrected chi connectivity index (χ0v) is 11.3. The van der Waals surface area contributed by atoms with Gasteiger partial charge in [-0.1, -0.05) is 6.92 Å². The zero-order chi connectivity index (χ0) is 14.0. The maximum atomic E-state index is 11.5. The van der Waals surface area contributed by atoms with Crippen molar-refractivity contribution in [1.82, 2.24) is 4.98 Å². The van der Waals surface area contributed by atoms with Crippen LogP contribution in [-0.2, 0) is 4.79 Å². The van der Waals surface area contributed by atoms with Crippen molar-refractivity contribution < 1.29 is 14.8 Å². The van der Waals surface area contributed by atoms with Crippen molar-refractivity contribution in [2.24, 2.45) is 5.92 Å². The van der Waals surface area contributed by atoms with E-state index in [2.05, 4.69) is 17.2 Å². The van der Waals surface area contributed by atoms with Crippen LogP contribution >= 0.6 is 11.3 Å². The Labute approximate surface area is 113 Å². The third kappa shape index (κ3) is 2.83. The van der Waals surface area contributed by atoms with Crippen molar-refractivity contribution in [1.29, 1.82) is 0 Å². The van der Waals surface area contributed by atoms with E-state index in [0.717, 1.165) is 30.4 Å². The number of carboxylic acid groups (broad SMARTS) is 1. The molecule has 1 heterocycles. The highest BCUT2D eigenvalue weighted by Gasteiger charge is 2.42. The summed E-state index contributed by atoms with van der Waals surface area (Å²) < 4.78 is 0. The fraction of sp³-hybridized carbons (Fsp3) is 0.636. The first-order valence-corrected chi connectivity index (χ1v) is 6.86. The number of nitrogens with zero attached hydrogens (tertiary/aromatic N) is 2. The summed E-state index contributed by atoms with van der Waals surface area (Å²) in [5, 5.41) is 23.1. The van der Waals surface area contributed by atoms with Crippen molar-refractivity contribution in [3.8, 4) is 0 Å². The number of anilines is 1. The van der Waals surface area contributed by atoms with Gasteiger partial charge in [-0.25, -0.2) is 9.78 Å². The summed E-state index contributed by atoms with van der Waals surface area (Å²) in [5.41, 5.74) is -1.04. The minimum Gasteiger partial charge on any atom is -0.480 e. The summed E-state index contributed by atoms with van der Waals surface area (Å²) in [6.45, 7) is 2.10. The van der Waals surface area contributed by atoms with Crippen molar-refractivity contribution in [2.75, 3.05) is 5.32 Å². The number of thiazole rings is 1. The SMILES string of the molecule is CC1CCC(Nc2ncc([N+](=O)[O-])s2)(C(=O)O)CC1. The van der Waals surface area contributed by atoms with Crippen molar-refractivity contribution in [3.63, 3.8) is 0 Å². The molecule has 0 unspecified atom stereocenters. The molecule has 0 atom stereocenters. The quantitative estimate of drug-likeness (QED) is 0.650. The van der Waals surface area contributed by atoms with Gasteiger partial charge in [-0.05, 0) is 42.9 Å². The molecule has 1 aliphatic rings. The molecule has 1 aliphatic carbocycles. The molecule has 1 aromatic heterocycles. The van der Waals surface area contributed by atoms with Gasteiger partial charge in [0.25, 0.3) is 0 Å². The van der Waals surface area contributed by atoms with Crippen molar-refractivity contribution in [3.05, 3.63) is 16.3 Å². The Morgan fingerprint density at radius 1 is 1.63 bits per heavy atom. The molecule has 19 heavy (non-hydrogen) atoms. The normalized spacial score (nSPS) is 26.9. The molecule has 2 N–H and O–H groups in total. The number of nitrogens with one attached hydrogen (secondary N) is 1. The molecule has 0 aromatic carbocycles. The van der Waals surface area contributed by atoms with Gasteiger partial charge < -0.3 is 10.4 Å². The molecule has 1 saturated carbocycles. The van der Waals surface area contributed by atoms with E-state index in [1.165, 1.54) is 0 Å². The van der Waals surface area contributed by atoms with E-state index in [1.54, 1.807) is 0 Å². The summed E-state index contributed by atoms with van der Waals surface area (Å²) in [6, 6.07) is 0. The zero-order valence-electron chi connectivity index (χ0n) is 10.5. The average Bonchev–Trinajstić information content (AvgIpc) is 2.80. The van der Waals surface area contributed by atoms with Crippen LogP contribution in [0.1, 0.15) is 32.6 Å². The van der Waals surface area contributed by atoms with E-state index in [0.29, 0.717) is 23.9 Å². The number of hydrogen-bond donors (Lipinski definition) is 2. The van der Waals surface area contributed by atoms with Crippen LogP contribution in [0.2, 0.25) is 0 Å². The molecule has 1 fully saturated rings. The first kappa shape index (κ1) is 13.7. The Morgan fingerprint density at radius 2 is 2.26 bits per heavy atom. The summed E-state index contributed by atoms with van der Waals surface area (Å²) in [4.78, 5) is 25.5. The molecule has 0 aliphatic heterocycles. The topological polar surface area (TPSA) is 105 Å². The predicted molar refractivity (Wildman–Crippen MR) is 70.4 cm³/mol. The van der Waals surface area contributed by atoms with Gasteiger partial charge in [-0.15, -0.1) is 0 Å². The molecular formula is C11H15N3O4S. The van der Waals surface area contributed by atoms with Crippen molar-refractivity contribution >= 4 is 27.4 Å². The highest BCUT2D eigenvalue weighted by Crippen LogP contribution is 2.36. The second-order valence-corrected chi connectivity index (χ2v) is 5.96. The third-order valence-electron chi connectivity index (χ3n) is 3.56. The third-order valence-corrected chi connectivity index (χ3v) is 4.42. The Balaban J connectivity index is 2.16. The molecule has 1 aromatic rings. The Kier molecular flexibility index (Phi) is 3.70. The number of carboxylic acids is 1. The van der Waals surface area contributed by atoms with Crippen LogP contribution in [0.3, 0.4) is 0 Å². The molecule has 8 heteroatoms. The fourth-order valence-electron chi connectivity index (χ4n) is 2.26. The number of hydrogen-bond acceptors (Lipinski definition) is 6. The smallest absolute Gasteiger partial charge is 0.345 e. The molecule has 0 spiro atoms. The lowest BCUT2D eigenvalue weighted by Crippen LogP contribution is -2.48. The molecule has 7 nitrogen and oxygen atoms in total. The predicted octanol–water partition coefficient (Wildman–Crippen LogP) is 2.50. The van der Waals surface area contributed by atoms with Gasteiger partial charge in [0.1, 0.15) is 11.7 Å². The van der Waals surface area contributed by atoms with Gasteiger partial charge >= 0.3 is 11.0 Å². The van der Waals surface area contributed by atoms with Crippen LogP contribution < -0.4 is 5.32 Å². The molecule has 104 valence electrons. The molecule has 0 saturated heterocycles. The highest BCUT2D eigenvalue weighted by molar-refractivity contribution is 7.18. The first-order valence-electron chi connectivity index (χ1n) is 6.05. The molecule has 0 bridgehead atoms. The van der Waals surface area contributed by atoms with Crippen LogP contribution in [-0.4, -0.2) is 26.5 Å². The second-order valence-electron chi connectivity index (χ2n) is 4.96. The lowest BCUT2D eigenvalue weighted by atomic mass is 9.77. The molecule has 0 radical (unpaired) electrons. The minimum atomic E-state index is -1.04. The van der Waals surface area contributed by atoms with E-state index in [-0.39, 0.29) is 5.00 Å². The first-order chi connectivity index (χ1) is 8.93. The standard InChI is InChI=1S/C11H15N3O4S/c1-7-2-4-11(5-3-7,9(15)16)13-10-12-6-8(19-10)14(17)18/h6-7H,2-5H2,1H3,(H,12,13)(H,15,16). The number of aromatic nitrogens is 1. The van der Waals surface area contributed by atoms with E-state index < -0.39 is 16.4 Å². The lowest BCUT2D eigenvalue weighted by molar-refractivity contribution is -0.380. The number of carbonyl (C=O) groups is 1. The monoisotopic (exact) mass is 285 g/mol. The summed E-state index contributed by atoms with van der Waals surface area (Å²) in [6.07, 6.45) is 3.82. The van der Waals surface area contributed by atoms with Gasteiger partial charge in [-0.2, -0.15) is 0 Å². The van der Waals surface area contributed by atoms with Gasteiger partial charge in [0.2, 0.25) is 0 Å². The van der Waals surface area contributed by atoms with Crippen LogP contribution in [0.25, 0.3) is 0 Å². The van der Waals surface area contributed by atoms with Crippen LogP contribution in [0.4, 0.5) is 10.1 Å². The van der Waals surface area contributed by atoms with Gasteiger partial charge in [0.05, 0.1) is 4.92 Å². The maximum absolute atomic E-state index is 11.5. The lowest BCUT2D eigenvalue weighted by Gasteiger charge is -2.36. The second kappa shape index (κ2) is 5.12. The van der Waals surface area contributed by atoms with Gasteiger partial charge in [0, 0.05) is 0 Å². The molecular weight excluding hydrogens is 270 g/mol. The number of nitro groups is 1. The molecule has 2 rings (SSSR count). The highest BCUT2D eigenvalue weighted by atomic mass is 32.1. The van der Waals surface area contributed by atoms with Crippen molar-refractivity contribution in [2.45, 2.75) is 38.1 Å². The van der Waals surface area contributed by atoms with E-state index >= 15 is 0 Å². The number of aliphatic carboxylic acids is 1. The maximum Gasteiger partial charge on any atom is 0.345 e.